The number of carbonyl (C=O) groups is 1. The molecule has 0 aliphatic rings. The summed E-state index contributed by atoms with van der Waals surface area (Å²) in [5, 5.41) is 8.83. The lowest BCUT2D eigenvalue weighted by Gasteiger charge is -2.07. The van der Waals surface area contributed by atoms with Crippen LogP contribution in [0.15, 0.2) is 6.07 Å². The summed E-state index contributed by atoms with van der Waals surface area (Å²) in [7, 11) is 0. The molecule has 0 aromatic carbocycles. The Bertz CT molecular complexity index is 350. The fourth-order valence-electron chi connectivity index (χ4n) is 1.18. The zero-order chi connectivity index (χ0) is 10.7. The van der Waals surface area contributed by atoms with E-state index in [4.69, 9.17) is 5.11 Å². The number of aryl methyl sites for hydroxylation is 2. The van der Waals surface area contributed by atoms with Crippen molar-refractivity contribution in [3.05, 3.63) is 23.3 Å². The maximum absolute atomic E-state index is 10.8. The van der Waals surface area contributed by atoms with Crippen LogP contribution < -0.4 is 0 Å². The Morgan fingerprint density at radius 2 is 2.21 bits per heavy atom. The number of rotatable bonds is 3. The monoisotopic (exact) mass is 194 g/mol. The van der Waals surface area contributed by atoms with Gasteiger partial charge in [-0.1, -0.05) is 6.92 Å². The lowest BCUT2D eigenvalue weighted by Crippen LogP contribution is -2.11. The Balaban J connectivity index is 3.08. The van der Waals surface area contributed by atoms with E-state index in [9.17, 15) is 4.79 Å². The molecule has 4 nitrogen and oxygen atoms in total. The van der Waals surface area contributed by atoms with Crippen LogP contribution in [0.5, 0.6) is 0 Å². The molecule has 76 valence electrons. The van der Waals surface area contributed by atoms with Crippen molar-refractivity contribution in [3.8, 4) is 0 Å². The second kappa shape index (κ2) is 4.17. The van der Waals surface area contributed by atoms with Crippen LogP contribution in [0.3, 0.4) is 0 Å². The number of hydrogen-bond acceptors (Lipinski definition) is 3. The van der Waals surface area contributed by atoms with E-state index >= 15 is 0 Å². The summed E-state index contributed by atoms with van der Waals surface area (Å²) in [5.74, 6) is -0.792. The van der Waals surface area contributed by atoms with Crippen molar-refractivity contribution in [2.24, 2.45) is 0 Å². The molecule has 0 radical (unpaired) electrons. The Morgan fingerprint density at radius 3 is 2.71 bits per heavy atom. The topological polar surface area (TPSA) is 63.1 Å². The van der Waals surface area contributed by atoms with Crippen LogP contribution in [0, 0.1) is 6.92 Å². The molecular weight excluding hydrogens is 180 g/mol. The maximum atomic E-state index is 10.8. The maximum Gasteiger partial charge on any atom is 0.312 e. The predicted molar refractivity (Wildman–Crippen MR) is 52.2 cm³/mol. The minimum atomic E-state index is -0.856. The first-order valence-corrected chi connectivity index (χ1v) is 4.61. The highest BCUT2D eigenvalue weighted by Crippen LogP contribution is 2.14. The largest absolute Gasteiger partial charge is 0.481 e. The van der Waals surface area contributed by atoms with Gasteiger partial charge in [0.05, 0.1) is 11.6 Å². The van der Waals surface area contributed by atoms with Gasteiger partial charge in [0.15, 0.2) is 0 Å². The van der Waals surface area contributed by atoms with Crippen LogP contribution in [-0.4, -0.2) is 21.0 Å². The third-order valence-electron chi connectivity index (χ3n) is 2.09. The second-order valence-electron chi connectivity index (χ2n) is 3.24. The van der Waals surface area contributed by atoms with Crippen LogP contribution in [0.2, 0.25) is 0 Å². The third kappa shape index (κ3) is 2.28. The average Bonchev–Trinajstić information content (AvgIpc) is 2.15. The molecule has 1 aromatic heterocycles. The Hall–Kier alpha value is -1.45. The zero-order valence-corrected chi connectivity index (χ0v) is 8.61. The van der Waals surface area contributed by atoms with E-state index in [0.29, 0.717) is 11.5 Å². The molecule has 0 amide bonds. The van der Waals surface area contributed by atoms with Gasteiger partial charge in [0.1, 0.15) is 5.82 Å². The molecule has 0 spiro atoms. The summed E-state index contributed by atoms with van der Waals surface area (Å²) in [4.78, 5) is 19.1. The standard InChI is InChI=1S/C10H14N2O2/c1-4-8-5-9(6(2)10(13)14)12-7(3)11-8/h5-6H,4H2,1-3H3,(H,13,14). The van der Waals surface area contributed by atoms with Gasteiger partial charge in [-0.25, -0.2) is 9.97 Å². The van der Waals surface area contributed by atoms with Crippen LogP contribution in [0.25, 0.3) is 0 Å². The quantitative estimate of drug-likeness (QED) is 0.792. The number of carboxylic acid groups (broad SMARTS) is 1. The molecule has 0 saturated carbocycles. The molecular formula is C10H14N2O2. The molecule has 0 bridgehead atoms. The van der Waals surface area contributed by atoms with Crippen LogP contribution in [0.1, 0.15) is 37.0 Å². The Labute approximate surface area is 83.0 Å². The molecule has 4 heteroatoms. The van der Waals surface area contributed by atoms with Crippen LogP contribution in [0.4, 0.5) is 0 Å². The molecule has 1 heterocycles. The highest BCUT2D eigenvalue weighted by atomic mass is 16.4. The van der Waals surface area contributed by atoms with Crippen LogP contribution >= 0.6 is 0 Å². The SMILES string of the molecule is CCc1cc(C(C)C(=O)O)nc(C)n1. The smallest absolute Gasteiger partial charge is 0.312 e. The first kappa shape index (κ1) is 10.6. The lowest BCUT2D eigenvalue weighted by atomic mass is 10.1. The fraction of sp³-hybridized carbons (Fsp3) is 0.500. The van der Waals surface area contributed by atoms with Crippen molar-refractivity contribution in [1.29, 1.82) is 0 Å². The summed E-state index contributed by atoms with van der Waals surface area (Å²) < 4.78 is 0. The van der Waals surface area contributed by atoms with Crippen LogP contribution in [-0.2, 0) is 11.2 Å². The second-order valence-corrected chi connectivity index (χ2v) is 3.24. The molecule has 14 heavy (non-hydrogen) atoms. The number of nitrogens with zero attached hydrogens (tertiary/aromatic N) is 2. The van der Waals surface area contributed by atoms with E-state index in [1.165, 1.54) is 0 Å². The molecule has 1 rings (SSSR count). The molecule has 1 unspecified atom stereocenters. The third-order valence-corrected chi connectivity index (χ3v) is 2.09. The Morgan fingerprint density at radius 1 is 1.57 bits per heavy atom. The first-order chi connectivity index (χ1) is 6.54. The molecule has 1 aromatic rings. The van der Waals surface area contributed by atoms with Gasteiger partial charge in [0.2, 0.25) is 0 Å². The first-order valence-electron chi connectivity index (χ1n) is 4.61. The van der Waals surface area contributed by atoms with E-state index in [1.54, 1.807) is 19.9 Å². The van der Waals surface area contributed by atoms with E-state index in [0.717, 1.165) is 12.1 Å². The molecule has 0 saturated heterocycles. The van der Waals surface area contributed by atoms with Gasteiger partial charge in [0.25, 0.3) is 0 Å². The van der Waals surface area contributed by atoms with Gasteiger partial charge in [0, 0.05) is 5.69 Å². The minimum Gasteiger partial charge on any atom is -0.481 e. The van der Waals surface area contributed by atoms with E-state index in [1.807, 2.05) is 6.92 Å². The molecule has 0 aliphatic carbocycles. The summed E-state index contributed by atoms with van der Waals surface area (Å²) in [6, 6.07) is 1.76. The van der Waals surface area contributed by atoms with E-state index < -0.39 is 11.9 Å². The molecule has 1 N–H and O–H groups in total. The van der Waals surface area contributed by atoms with Gasteiger partial charge in [-0.15, -0.1) is 0 Å². The molecule has 0 fully saturated rings. The van der Waals surface area contributed by atoms with E-state index in [-0.39, 0.29) is 0 Å². The molecule has 0 aliphatic heterocycles. The van der Waals surface area contributed by atoms with Crippen molar-refractivity contribution in [2.45, 2.75) is 33.1 Å². The highest BCUT2D eigenvalue weighted by Gasteiger charge is 2.16. The van der Waals surface area contributed by atoms with Crippen molar-refractivity contribution >= 4 is 5.97 Å². The van der Waals surface area contributed by atoms with Crippen molar-refractivity contribution in [3.63, 3.8) is 0 Å². The number of aliphatic carboxylic acids is 1. The van der Waals surface area contributed by atoms with Crippen molar-refractivity contribution in [2.75, 3.05) is 0 Å². The number of hydrogen-bond donors (Lipinski definition) is 1. The van der Waals surface area contributed by atoms with Crippen molar-refractivity contribution in [1.82, 2.24) is 9.97 Å². The van der Waals surface area contributed by atoms with E-state index in [2.05, 4.69) is 9.97 Å². The zero-order valence-electron chi connectivity index (χ0n) is 8.61. The lowest BCUT2D eigenvalue weighted by molar-refractivity contribution is -0.138. The van der Waals surface area contributed by atoms with Gasteiger partial charge >= 0.3 is 5.97 Å². The predicted octanol–water partition coefficient (Wildman–Crippen LogP) is 1.54. The number of aromatic nitrogens is 2. The van der Waals surface area contributed by atoms with Gasteiger partial charge < -0.3 is 5.11 Å². The van der Waals surface area contributed by atoms with Gasteiger partial charge in [-0.05, 0) is 26.3 Å². The minimum absolute atomic E-state index is 0.568. The summed E-state index contributed by atoms with van der Waals surface area (Å²) >= 11 is 0. The normalized spacial score (nSPS) is 12.5. The summed E-state index contributed by atoms with van der Waals surface area (Å²) in [5.41, 5.74) is 1.47. The average molecular weight is 194 g/mol. The number of carboxylic acids is 1. The van der Waals surface area contributed by atoms with Gasteiger partial charge in [-0.2, -0.15) is 0 Å². The highest BCUT2D eigenvalue weighted by molar-refractivity contribution is 5.74. The summed E-state index contributed by atoms with van der Waals surface area (Å²) in [6.45, 7) is 5.39. The Kier molecular flexibility index (Phi) is 3.17. The molecule has 1 atom stereocenters. The van der Waals surface area contributed by atoms with Gasteiger partial charge in [-0.3, -0.25) is 4.79 Å². The fourth-order valence-corrected chi connectivity index (χ4v) is 1.18. The summed E-state index contributed by atoms with van der Waals surface area (Å²) in [6.07, 6.45) is 0.794. The van der Waals surface area contributed by atoms with Crippen molar-refractivity contribution < 1.29 is 9.90 Å².